The molecular formula is C14H15Cl2N3O. The van der Waals surface area contributed by atoms with Gasteiger partial charge in [-0.2, -0.15) is 0 Å². The van der Waals surface area contributed by atoms with Gasteiger partial charge in [-0.15, -0.1) is 0 Å². The number of hydrogen-bond donors (Lipinski definition) is 1. The number of halogens is 2. The van der Waals surface area contributed by atoms with Crippen molar-refractivity contribution in [2.45, 2.75) is 25.3 Å². The van der Waals surface area contributed by atoms with Gasteiger partial charge in [0.05, 0.1) is 16.9 Å². The van der Waals surface area contributed by atoms with Crippen molar-refractivity contribution in [2.75, 3.05) is 13.1 Å². The van der Waals surface area contributed by atoms with Crippen LogP contribution in [-0.4, -0.2) is 22.6 Å². The zero-order chi connectivity index (χ0) is 14.1. The van der Waals surface area contributed by atoms with Crippen molar-refractivity contribution >= 4 is 34.1 Å². The Morgan fingerprint density at radius 3 is 3.00 bits per heavy atom. The van der Waals surface area contributed by atoms with Crippen LogP contribution in [0.25, 0.3) is 10.9 Å². The van der Waals surface area contributed by atoms with Gasteiger partial charge in [0.25, 0.3) is 5.56 Å². The number of fused-ring (bicyclic) bond motifs is 1. The Bertz CT molecular complexity index is 691. The van der Waals surface area contributed by atoms with Gasteiger partial charge in [0.2, 0.25) is 5.28 Å². The Morgan fingerprint density at radius 2 is 2.15 bits per heavy atom. The van der Waals surface area contributed by atoms with Crippen LogP contribution in [0.1, 0.15) is 25.3 Å². The smallest absolute Gasteiger partial charge is 0.262 e. The second-order valence-corrected chi connectivity index (χ2v) is 5.85. The maximum atomic E-state index is 12.7. The van der Waals surface area contributed by atoms with Crippen LogP contribution in [0.5, 0.6) is 0 Å². The number of rotatable bonds is 1. The number of aromatic nitrogens is 2. The number of nitrogens with one attached hydrogen (secondary N) is 1. The van der Waals surface area contributed by atoms with E-state index in [-0.39, 0.29) is 16.9 Å². The molecule has 1 aliphatic rings. The van der Waals surface area contributed by atoms with Crippen LogP contribution in [0.4, 0.5) is 0 Å². The minimum absolute atomic E-state index is 0.0494. The summed E-state index contributed by atoms with van der Waals surface area (Å²) in [6.07, 6.45) is 3.13. The SMILES string of the molecule is O=c1c2cc(Cl)ccc2nc(Cl)n1C1CCCCNC1. The molecule has 1 aromatic heterocycles. The molecule has 0 amide bonds. The van der Waals surface area contributed by atoms with Gasteiger partial charge in [0.15, 0.2) is 0 Å². The third-order valence-electron chi connectivity index (χ3n) is 3.71. The summed E-state index contributed by atoms with van der Waals surface area (Å²) in [5, 5.41) is 4.64. The van der Waals surface area contributed by atoms with Gasteiger partial charge in [-0.05, 0) is 49.2 Å². The predicted octanol–water partition coefficient (Wildman–Crippen LogP) is 3.02. The summed E-state index contributed by atoms with van der Waals surface area (Å²) in [5.41, 5.74) is 0.471. The molecule has 6 heteroatoms. The normalized spacial score (nSPS) is 20.0. The molecule has 3 rings (SSSR count). The Hall–Kier alpha value is -1.10. The minimum Gasteiger partial charge on any atom is -0.315 e. The first-order valence-corrected chi connectivity index (χ1v) is 7.50. The zero-order valence-electron chi connectivity index (χ0n) is 10.9. The van der Waals surface area contributed by atoms with E-state index in [1.165, 1.54) is 0 Å². The summed E-state index contributed by atoms with van der Waals surface area (Å²) in [5.74, 6) is 0. The van der Waals surface area contributed by atoms with Crippen molar-refractivity contribution in [2.24, 2.45) is 0 Å². The fraction of sp³-hybridized carbons (Fsp3) is 0.429. The molecule has 1 aromatic carbocycles. The van der Waals surface area contributed by atoms with Crippen LogP contribution >= 0.6 is 23.2 Å². The van der Waals surface area contributed by atoms with Crippen molar-refractivity contribution < 1.29 is 0 Å². The van der Waals surface area contributed by atoms with Crippen LogP contribution in [0.2, 0.25) is 10.3 Å². The lowest BCUT2D eigenvalue weighted by atomic mass is 10.1. The molecule has 106 valence electrons. The van der Waals surface area contributed by atoms with Crippen molar-refractivity contribution in [1.82, 2.24) is 14.9 Å². The summed E-state index contributed by atoms with van der Waals surface area (Å²) in [6.45, 7) is 1.73. The van der Waals surface area contributed by atoms with E-state index in [4.69, 9.17) is 23.2 Å². The van der Waals surface area contributed by atoms with E-state index in [0.717, 1.165) is 32.4 Å². The van der Waals surface area contributed by atoms with Crippen molar-refractivity contribution in [3.05, 3.63) is 38.9 Å². The summed E-state index contributed by atoms with van der Waals surface area (Å²) < 4.78 is 1.60. The molecule has 1 N–H and O–H groups in total. The molecule has 1 saturated heterocycles. The molecule has 1 fully saturated rings. The zero-order valence-corrected chi connectivity index (χ0v) is 12.4. The largest absolute Gasteiger partial charge is 0.315 e. The van der Waals surface area contributed by atoms with Gasteiger partial charge in [0.1, 0.15) is 0 Å². The minimum atomic E-state index is -0.115. The van der Waals surface area contributed by atoms with Gasteiger partial charge in [-0.25, -0.2) is 4.98 Å². The second kappa shape index (κ2) is 5.72. The Kier molecular flexibility index (Phi) is 3.96. The molecule has 2 heterocycles. The fourth-order valence-corrected chi connectivity index (χ4v) is 3.16. The van der Waals surface area contributed by atoms with Gasteiger partial charge in [0, 0.05) is 11.6 Å². The molecular weight excluding hydrogens is 297 g/mol. The molecule has 20 heavy (non-hydrogen) atoms. The van der Waals surface area contributed by atoms with E-state index in [1.807, 2.05) is 0 Å². The fourth-order valence-electron chi connectivity index (χ4n) is 2.68. The number of hydrogen-bond acceptors (Lipinski definition) is 3. The highest BCUT2D eigenvalue weighted by Crippen LogP contribution is 2.22. The van der Waals surface area contributed by atoms with E-state index in [9.17, 15) is 4.79 Å². The van der Waals surface area contributed by atoms with Gasteiger partial charge < -0.3 is 5.32 Å². The lowest BCUT2D eigenvalue weighted by Gasteiger charge is -2.19. The Morgan fingerprint density at radius 1 is 1.30 bits per heavy atom. The van der Waals surface area contributed by atoms with Crippen LogP contribution < -0.4 is 10.9 Å². The van der Waals surface area contributed by atoms with Gasteiger partial charge in [-0.1, -0.05) is 18.0 Å². The highest BCUT2D eigenvalue weighted by atomic mass is 35.5. The average molecular weight is 312 g/mol. The third kappa shape index (κ3) is 2.55. The molecule has 0 spiro atoms. The first-order chi connectivity index (χ1) is 9.66. The lowest BCUT2D eigenvalue weighted by molar-refractivity contribution is 0.447. The number of nitrogens with zero attached hydrogens (tertiary/aromatic N) is 2. The topological polar surface area (TPSA) is 46.9 Å². The lowest BCUT2D eigenvalue weighted by Crippen LogP contribution is -2.32. The summed E-state index contributed by atoms with van der Waals surface area (Å²) in [7, 11) is 0. The summed E-state index contributed by atoms with van der Waals surface area (Å²) >= 11 is 12.2. The van der Waals surface area contributed by atoms with Gasteiger partial charge >= 0.3 is 0 Å². The van der Waals surface area contributed by atoms with E-state index >= 15 is 0 Å². The molecule has 0 radical (unpaired) electrons. The summed E-state index contributed by atoms with van der Waals surface area (Å²) in [4.78, 5) is 17.0. The third-order valence-corrected chi connectivity index (χ3v) is 4.21. The highest BCUT2D eigenvalue weighted by Gasteiger charge is 2.19. The van der Waals surface area contributed by atoms with Gasteiger partial charge in [-0.3, -0.25) is 9.36 Å². The van der Waals surface area contributed by atoms with Crippen LogP contribution in [0.15, 0.2) is 23.0 Å². The first kappa shape index (κ1) is 13.9. The van der Waals surface area contributed by atoms with Crippen LogP contribution in [0.3, 0.4) is 0 Å². The van der Waals surface area contributed by atoms with Crippen LogP contribution in [-0.2, 0) is 0 Å². The molecule has 1 atom stereocenters. The molecule has 1 aliphatic heterocycles. The predicted molar refractivity (Wildman–Crippen MR) is 81.8 cm³/mol. The standard InChI is InChI=1S/C14H15Cl2N3O/c15-9-4-5-12-11(7-9)13(20)19(14(16)18-12)10-3-1-2-6-17-8-10/h4-5,7,10,17H,1-3,6,8H2. The summed E-state index contributed by atoms with van der Waals surface area (Å²) in [6, 6.07) is 5.14. The first-order valence-electron chi connectivity index (χ1n) is 6.75. The van der Waals surface area contributed by atoms with Crippen molar-refractivity contribution in [3.8, 4) is 0 Å². The quantitative estimate of drug-likeness (QED) is 0.823. The molecule has 0 saturated carbocycles. The molecule has 4 nitrogen and oxygen atoms in total. The second-order valence-electron chi connectivity index (χ2n) is 5.07. The maximum absolute atomic E-state index is 12.7. The van der Waals surface area contributed by atoms with E-state index in [2.05, 4.69) is 10.3 Å². The van der Waals surface area contributed by atoms with Crippen LogP contribution in [0, 0.1) is 0 Å². The molecule has 0 bridgehead atoms. The number of benzene rings is 1. The Balaban J connectivity index is 2.16. The maximum Gasteiger partial charge on any atom is 0.262 e. The van der Waals surface area contributed by atoms with E-state index < -0.39 is 0 Å². The average Bonchev–Trinajstić information content (AvgIpc) is 2.69. The molecule has 1 unspecified atom stereocenters. The molecule has 0 aliphatic carbocycles. The van der Waals surface area contributed by atoms with E-state index in [1.54, 1.807) is 22.8 Å². The van der Waals surface area contributed by atoms with Crippen molar-refractivity contribution in [3.63, 3.8) is 0 Å². The monoisotopic (exact) mass is 311 g/mol. The van der Waals surface area contributed by atoms with E-state index in [0.29, 0.717) is 15.9 Å². The highest BCUT2D eigenvalue weighted by molar-refractivity contribution is 6.31. The Labute approximate surface area is 126 Å². The molecule has 2 aromatic rings. The van der Waals surface area contributed by atoms with Crippen molar-refractivity contribution in [1.29, 1.82) is 0 Å².